The van der Waals surface area contributed by atoms with E-state index < -0.39 is 18.1 Å². The Bertz CT molecular complexity index is 779. The molecule has 0 aromatic rings. The van der Waals surface area contributed by atoms with Crippen molar-refractivity contribution in [2.45, 2.75) is 206 Å². The van der Waals surface area contributed by atoms with Crippen LogP contribution < -0.4 is 5.73 Å². The Morgan fingerprint density at radius 2 is 0.959 bits per heavy atom. The van der Waals surface area contributed by atoms with Gasteiger partial charge in [-0.15, -0.1) is 0 Å². The summed E-state index contributed by atoms with van der Waals surface area (Å²) in [5, 5.41) is 0. The van der Waals surface area contributed by atoms with Gasteiger partial charge < -0.3 is 19.9 Å². The molecule has 0 heterocycles. The van der Waals surface area contributed by atoms with Crippen LogP contribution in [-0.4, -0.2) is 54.8 Å². The molecule has 0 aliphatic carbocycles. The maximum atomic E-state index is 12.7. The summed E-state index contributed by atoms with van der Waals surface area (Å²) in [6.07, 6.45) is 34.2. The molecule has 0 bridgehead atoms. The van der Waals surface area contributed by atoms with E-state index in [1.165, 1.54) is 146 Å². The van der Waals surface area contributed by atoms with Crippen LogP contribution in [0.25, 0.3) is 0 Å². The van der Waals surface area contributed by atoms with Gasteiger partial charge in [-0.05, 0) is 12.8 Å². The quantitative estimate of drug-likeness (QED) is 0.0292. The molecule has 49 heavy (non-hydrogen) atoms. The van der Waals surface area contributed by atoms with Crippen LogP contribution in [0.5, 0.6) is 0 Å². The minimum atomic E-state index is -0.787. The van der Waals surface area contributed by atoms with E-state index in [1.54, 1.807) is 0 Å². The van der Waals surface area contributed by atoms with Crippen molar-refractivity contribution in [1.29, 1.82) is 0 Å². The van der Waals surface area contributed by atoms with Crippen LogP contribution in [0.15, 0.2) is 12.7 Å². The Labute approximate surface area is 306 Å². The predicted octanol–water partition coefficient (Wildman–Crippen LogP) is 11.2. The first-order chi connectivity index (χ1) is 23.9. The highest BCUT2D eigenvalue weighted by atomic mass is 32.2. The van der Waals surface area contributed by atoms with Gasteiger partial charge in [-0.3, -0.25) is 14.4 Å². The van der Waals surface area contributed by atoms with Crippen molar-refractivity contribution in [3.63, 3.8) is 0 Å². The Hall–Kier alpha value is -1.54. The van der Waals surface area contributed by atoms with E-state index in [4.69, 9.17) is 19.9 Å². The third-order valence-corrected chi connectivity index (χ3v) is 10.1. The summed E-state index contributed by atoms with van der Waals surface area (Å²) in [6, 6.07) is -0.787. The average Bonchev–Trinajstić information content (AvgIpc) is 3.09. The van der Waals surface area contributed by atoms with Crippen molar-refractivity contribution >= 4 is 29.7 Å². The molecule has 0 spiro atoms. The zero-order valence-corrected chi connectivity index (χ0v) is 32.8. The Balaban J connectivity index is 4.25. The number of hydrogen-bond donors (Lipinski definition) is 1. The molecule has 0 aromatic carbocycles. The van der Waals surface area contributed by atoms with E-state index in [-0.39, 0.29) is 25.2 Å². The number of ether oxygens (including phenoxy) is 3. The highest BCUT2D eigenvalue weighted by molar-refractivity contribution is 7.99. The fourth-order valence-corrected chi connectivity index (χ4v) is 6.79. The van der Waals surface area contributed by atoms with Gasteiger partial charge in [-0.1, -0.05) is 181 Å². The fourth-order valence-electron chi connectivity index (χ4n) is 5.84. The number of carbonyl (C=O) groups excluding carboxylic acids is 3. The standard InChI is InChI=1S/C41H77NO6S/c1-4-7-9-11-13-15-17-19-21-23-25-27-29-31-39(43)47-34-37(35-49-36-38(42)41(45)46-33-6-3)48-40(44)32-30-28-26-24-22-20-18-16-14-12-10-8-5-2/h6,37-38H,3-5,7-36,42H2,1-2H3/t37?,38-/m0/s1. The first kappa shape index (κ1) is 47.5. The second-order valence-corrected chi connectivity index (χ2v) is 14.9. The van der Waals surface area contributed by atoms with E-state index >= 15 is 0 Å². The van der Waals surface area contributed by atoms with Gasteiger partial charge in [-0.25, -0.2) is 0 Å². The van der Waals surface area contributed by atoms with Crippen LogP contribution in [0.4, 0.5) is 0 Å². The van der Waals surface area contributed by atoms with Crippen LogP contribution >= 0.6 is 11.8 Å². The van der Waals surface area contributed by atoms with Crippen LogP contribution in [0.2, 0.25) is 0 Å². The number of carbonyl (C=O) groups is 3. The molecular weight excluding hydrogens is 635 g/mol. The smallest absolute Gasteiger partial charge is 0.324 e. The van der Waals surface area contributed by atoms with Gasteiger partial charge in [0.15, 0.2) is 0 Å². The van der Waals surface area contributed by atoms with E-state index in [2.05, 4.69) is 20.4 Å². The Kier molecular flexibility index (Phi) is 36.5. The number of rotatable bonds is 38. The van der Waals surface area contributed by atoms with Crippen molar-refractivity contribution in [3.8, 4) is 0 Å². The van der Waals surface area contributed by atoms with Crippen LogP contribution in [0.3, 0.4) is 0 Å². The van der Waals surface area contributed by atoms with E-state index in [0.29, 0.717) is 24.3 Å². The highest BCUT2D eigenvalue weighted by Crippen LogP contribution is 2.16. The molecule has 2 N–H and O–H groups in total. The van der Waals surface area contributed by atoms with Gasteiger partial charge in [0.05, 0.1) is 0 Å². The summed E-state index contributed by atoms with van der Waals surface area (Å²) < 4.78 is 16.3. The lowest BCUT2D eigenvalue weighted by Crippen LogP contribution is -2.35. The Morgan fingerprint density at radius 1 is 0.571 bits per heavy atom. The molecule has 288 valence electrons. The molecule has 0 radical (unpaired) electrons. The first-order valence-electron chi connectivity index (χ1n) is 20.4. The fraction of sp³-hybridized carbons (Fsp3) is 0.878. The zero-order chi connectivity index (χ0) is 36.0. The van der Waals surface area contributed by atoms with E-state index in [0.717, 1.165) is 38.5 Å². The van der Waals surface area contributed by atoms with Crippen LogP contribution in [-0.2, 0) is 28.6 Å². The van der Waals surface area contributed by atoms with E-state index in [9.17, 15) is 14.4 Å². The molecule has 1 unspecified atom stereocenters. The van der Waals surface area contributed by atoms with Crippen LogP contribution in [0.1, 0.15) is 194 Å². The third kappa shape index (κ3) is 34.7. The molecule has 0 aromatic heterocycles. The molecule has 2 atom stereocenters. The number of nitrogens with two attached hydrogens (primary N) is 1. The van der Waals surface area contributed by atoms with Gasteiger partial charge in [0, 0.05) is 24.3 Å². The van der Waals surface area contributed by atoms with Gasteiger partial charge in [-0.2, -0.15) is 11.8 Å². The van der Waals surface area contributed by atoms with Crippen molar-refractivity contribution in [3.05, 3.63) is 12.7 Å². The summed E-state index contributed by atoms with van der Waals surface area (Å²) in [4.78, 5) is 37.1. The van der Waals surface area contributed by atoms with Crippen molar-refractivity contribution in [1.82, 2.24) is 0 Å². The van der Waals surface area contributed by atoms with Gasteiger partial charge >= 0.3 is 17.9 Å². The molecule has 0 aliphatic rings. The average molecular weight is 712 g/mol. The lowest BCUT2D eigenvalue weighted by molar-refractivity contribution is -0.157. The minimum absolute atomic E-state index is 0.0186. The topological polar surface area (TPSA) is 105 Å². The molecule has 0 aliphatic heterocycles. The van der Waals surface area contributed by atoms with Gasteiger partial charge in [0.2, 0.25) is 0 Å². The number of unbranched alkanes of at least 4 members (excludes halogenated alkanes) is 24. The van der Waals surface area contributed by atoms with Crippen molar-refractivity contribution in [2.75, 3.05) is 24.7 Å². The molecular formula is C41H77NO6S. The summed E-state index contributed by atoms with van der Waals surface area (Å²) in [5.41, 5.74) is 5.95. The maximum Gasteiger partial charge on any atom is 0.324 e. The molecule has 0 rings (SSSR count). The largest absolute Gasteiger partial charge is 0.462 e. The Morgan fingerprint density at radius 3 is 1.37 bits per heavy atom. The summed E-state index contributed by atoms with van der Waals surface area (Å²) >= 11 is 1.39. The number of esters is 3. The van der Waals surface area contributed by atoms with Gasteiger partial charge in [0.25, 0.3) is 0 Å². The molecule has 0 fully saturated rings. The SMILES string of the molecule is C=CCOC(=O)[C@@H](N)CSCC(COC(=O)CCCCCCCCCCCCCCC)OC(=O)CCCCCCCCCCCCCCC. The predicted molar refractivity (Wildman–Crippen MR) is 208 cm³/mol. The van der Waals surface area contributed by atoms with E-state index in [1.807, 2.05) is 0 Å². The molecule has 8 heteroatoms. The molecule has 7 nitrogen and oxygen atoms in total. The lowest BCUT2D eigenvalue weighted by Gasteiger charge is -2.19. The second-order valence-electron chi connectivity index (χ2n) is 13.8. The number of hydrogen-bond acceptors (Lipinski definition) is 8. The first-order valence-corrected chi connectivity index (χ1v) is 21.6. The summed E-state index contributed by atoms with van der Waals surface area (Å²) in [5.74, 6) is -0.312. The minimum Gasteiger partial charge on any atom is -0.462 e. The lowest BCUT2D eigenvalue weighted by atomic mass is 10.0. The zero-order valence-electron chi connectivity index (χ0n) is 32.0. The molecule has 0 saturated heterocycles. The summed E-state index contributed by atoms with van der Waals surface area (Å²) in [6.45, 7) is 8.19. The third-order valence-electron chi connectivity index (χ3n) is 8.94. The number of thioether (sulfide) groups is 1. The second kappa shape index (κ2) is 37.7. The van der Waals surface area contributed by atoms with Gasteiger partial charge in [0.1, 0.15) is 25.4 Å². The van der Waals surface area contributed by atoms with Crippen molar-refractivity contribution in [2.24, 2.45) is 5.73 Å². The maximum absolute atomic E-state index is 12.7. The normalized spacial score (nSPS) is 12.4. The van der Waals surface area contributed by atoms with Crippen LogP contribution in [0, 0.1) is 0 Å². The van der Waals surface area contributed by atoms with Crippen molar-refractivity contribution < 1.29 is 28.6 Å². The molecule has 0 saturated carbocycles. The monoisotopic (exact) mass is 712 g/mol. The molecule has 0 amide bonds. The summed E-state index contributed by atoms with van der Waals surface area (Å²) in [7, 11) is 0. The highest BCUT2D eigenvalue weighted by Gasteiger charge is 2.20.